The van der Waals surface area contributed by atoms with E-state index in [1.165, 1.54) is 21.1 Å². The molecule has 0 unspecified atom stereocenters. The van der Waals surface area contributed by atoms with E-state index in [-0.39, 0.29) is 11.9 Å². The SMILES string of the molecule is CCOC(=O)c1c(NC(=O)CN(Cc2cccs2)C2CC2)sc2c1CCC2. The van der Waals surface area contributed by atoms with Gasteiger partial charge in [-0.25, -0.2) is 4.79 Å². The summed E-state index contributed by atoms with van der Waals surface area (Å²) in [5, 5.41) is 5.74. The zero-order valence-electron chi connectivity index (χ0n) is 15.5. The number of nitrogens with zero attached hydrogens (tertiary/aromatic N) is 1. The molecule has 1 saturated carbocycles. The molecule has 0 aliphatic heterocycles. The molecule has 1 N–H and O–H groups in total. The van der Waals surface area contributed by atoms with Crippen molar-refractivity contribution in [2.75, 3.05) is 18.5 Å². The molecule has 144 valence electrons. The van der Waals surface area contributed by atoms with Crippen molar-refractivity contribution >= 4 is 39.6 Å². The van der Waals surface area contributed by atoms with Crippen molar-refractivity contribution in [2.45, 2.75) is 51.6 Å². The fourth-order valence-electron chi connectivity index (χ4n) is 3.62. The van der Waals surface area contributed by atoms with Gasteiger partial charge in [0, 0.05) is 22.3 Å². The number of fused-ring (bicyclic) bond motifs is 1. The second kappa shape index (κ2) is 8.12. The Morgan fingerprint density at radius 1 is 1.33 bits per heavy atom. The van der Waals surface area contributed by atoms with E-state index in [0.29, 0.717) is 29.8 Å². The highest BCUT2D eigenvalue weighted by molar-refractivity contribution is 7.17. The van der Waals surface area contributed by atoms with E-state index in [1.807, 2.05) is 6.07 Å². The molecule has 0 radical (unpaired) electrons. The van der Waals surface area contributed by atoms with Crippen molar-refractivity contribution in [3.8, 4) is 0 Å². The monoisotopic (exact) mass is 404 g/mol. The van der Waals surface area contributed by atoms with E-state index in [2.05, 4.69) is 21.7 Å². The van der Waals surface area contributed by atoms with Crippen LogP contribution < -0.4 is 5.32 Å². The maximum atomic E-state index is 12.7. The van der Waals surface area contributed by atoms with Gasteiger partial charge in [-0.3, -0.25) is 9.69 Å². The molecule has 0 atom stereocenters. The Balaban J connectivity index is 1.46. The normalized spacial score (nSPS) is 15.8. The number of hydrogen-bond acceptors (Lipinski definition) is 6. The van der Waals surface area contributed by atoms with Crippen molar-refractivity contribution in [3.05, 3.63) is 38.4 Å². The predicted molar refractivity (Wildman–Crippen MR) is 109 cm³/mol. The van der Waals surface area contributed by atoms with Crippen LogP contribution in [0.5, 0.6) is 0 Å². The number of hydrogen-bond donors (Lipinski definition) is 1. The summed E-state index contributed by atoms with van der Waals surface area (Å²) in [5.41, 5.74) is 1.66. The van der Waals surface area contributed by atoms with Crippen LogP contribution in [-0.4, -0.2) is 36.0 Å². The van der Waals surface area contributed by atoms with Crippen molar-refractivity contribution in [2.24, 2.45) is 0 Å². The van der Waals surface area contributed by atoms with Gasteiger partial charge < -0.3 is 10.1 Å². The Morgan fingerprint density at radius 2 is 2.19 bits per heavy atom. The number of thiophene rings is 2. The smallest absolute Gasteiger partial charge is 0.341 e. The molecule has 5 nitrogen and oxygen atoms in total. The van der Waals surface area contributed by atoms with Gasteiger partial charge >= 0.3 is 5.97 Å². The Kier molecular flexibility index (Phi) is 5.61. The van der Waals surface area contributed by atoms with E-state index in [1.54, 1.807) is 18.3 Å². The lowest BCUT2D eigenvalue weighted by molar-refractivity contribution is -0.117. The molecule has 4 rings (SSSR count). The fourth-order valence-corrected chi connectivity index (χ4v) is 5.64. The fraction of sp³-hybridized carbons (Fsp3) is 0.500. The second-order valence-electron chi connectivity index (χ2n) is 7.05. The van der Waals surface area contributed by atoms with Gasteiger partial charge in [-0.05, 0) is 56.0 Å². The lowest BCUT2D eigenvalue weighted by Gasteiger charge is -2.20. The van der Waals surface area contributed by atoms with Crippen LogP contribution in [0.1, 0.15) is 51.9 Å². The number of aryl methyl sites for hydroxylation is 1. The average Bonchev–Trinajstić information content (AvgIpc) is 3.00. The third-order valence-corrected chi connectivity index (χ3v) is 7.07. The number of esters is 1. The molecule has 2 aromatic heterocycles. The Morgan fingerprint density at radius 3 is 2.89 bits per heavy atom. The number of ether oxygens (including phenoxy) is 1. The molecule has 0 spiro atoms. The number of carbonyl (C=O) groups is 2. The molecule has 27 heavy (non-hydrogen) atoms. The Bertz CT molecular complexity index is 825. The maximum Gasteiger partial charge on any atom is 0.341 e. The minimum atomic E-state index is -0.315. The van der Waals surface area contributed by atoms with Crippen LogP contribution in [0.15, 0.2) is 17.5 Å². The van der Waals surface area contributed by atoms with Gasteiger partial charge in [-0.1, -0.05) is 6.07 Å². The van der Waals surface area contributed by atoms with Crippen molar-refractivity contribution < 1.29 is 14.3 Å². The molecule has 2 aliphatic rings. The molecule has 0 saturated heterocycles. The molecule has 1 fully saturated rings. The quantitative estimate of drug-likeness (QED) is 0.674. The Hall–Kier alpha value is -1.70. The van der Waals surface area contributed by atoms with Gasteiger partial charge in [-0.15, -0.1) is 22.7 Å². The summed E-state index contributed by atoms with van der Waals surface area (Å²) in [5.74, 6) is -0.367. The lowest BCUT2D eigenvalue weighted by Crippen LogP contribution is -2.34. The zero-order valence-corrected chi connectivity index (χ0v) is 17.1. The van der Waals surface area contributed by atoms with Crippen LogP contribution in [0.4, 0.5) is 5.00 Å². The van der Waals surface area contributed by atoms with Crippen molar-refractivity contribution in [1.82, 2.24) is 4.90 Å². The van der Waals surface area contributed by atoms with E-state index in [0.717, 1.165) is 44.2 Å². The minimum Gasteiger partial charge on any atom is -0.462 e. The van der Waals surface area contributed by atoms with Crippen LogP contribution in [0.25, 0.3) is 0 Å². The number of carbonyl (C=O) groups excluding carboxylic acids is 2. The van der Waals surface area contributed by atoms with Gasteiger partial charge in [-0.2, -0.15) is 0 Å². The number of anilines is 1. The molecule has 2 heterocycles. The van der Waals surface area contributed by atoms with Gasteiger partial charge in [0.2, 0.25) is 5.91 Å². The topological polar surface area (TPSA) is 58.6 Å². The minimum absolute atomic E-state index is 0.0519. The molecule has 2 aliphatic carbocycles. The lowest BCUT2D eigenvalue weighted by atomic mass is 10.1. The van der Waals surface area contributed by atoms with E-state index in [4.69, 9.17) is 4.74 Å². The van der Waals surface area contributed by atoms with E-state index >= 15 is 0 Å². The highest BCUT2D eigenvalue weighted by Crippen LogP contribution is 2.39. The molecule has 0 bridgehead atoms. The number of amides is 1. The van der Waals surface area contributed by atoms with Crippen LogP contribution in [-0.2, 0) is 28.9 Å². The maximum absolute atomic E-state index is 12.7. The summed E-state index contributed by atoms with van der Waals surface area (Å²) in [4.78, 5) is 29.9. The van der Waals surface area contributed by atoms with Gasteiger partial charge in [0.1, 0.15) is 5.00 Å². The third kappa shape index (κ3) is 4.25. The predicted octanol–water partition coefficient (Wildman–Crippen LogP) is 4.08. The van der Waals surface area contributed by atoms with Crippen LogP contribution in [0, 0.1) is 0 Å². The van der Waals surface area contributed by atoms with Crippen LogP contribution in [0.2, 0.25) is 0 Å². The first-order chi connectivity index (χ1) is 13.2. The summed E-state index contributed by atoms with van der Waals surface area (Å²) in [6, 6.07) is 4.65. The molecule has 2 aromatic rings. The highest BCUT2D eigenvalue weighted by atomic mass is 32.1. The summed E-state index contributed by atoms with van der Waals surface area (Å²) >= 11 is 3.26. The Labute approximate surface area is 167 Å². The first-order valence-electron chi connectivity index (χ1n) is 9.53. The van der Waals surface area contributed by atoms with Gasteiger partial charge in [0.25, 0.3) is 0 Å². The molecular formula is C20H24N2O3S2. The number of rotatable bonds is 8. The summed E-state index contributed by atoms with van der Waals surface area (Å²) < 4.78 is 5.24. The highest BCUT2D eigenvalue weighted by Gasteiger charge is 2.32. The third-order valence-electron chi connectivity index (χ3n) is 5.00. The molecule has 0 aromatic carbocycles. The second-order valence-corrected chi connectivity index (χ2v) is 9.18. The van der Waals surface area contributed by atoms with Crippen molar-refractivity contribution in [1.29, 1.82) is 0 Å². The standard InChI is InChI=1S/C20H24N2O3S2/c1-2-25-20(24)18-15-6-3-7-16(15)27-19(18)21-17(23)12-22(13-8-9-13)11-14-5-4-10-26-14/h4-5,10,13H,2-3,6-9,11-12H2,1H3,(H,21,23). The summed E-state index contributed by atoms with van der Waals surface area (Å²) in [7, 11) is 0. The largest absolute Gasteiger partial charge is 0.462 e. The number of nitrogens with one attached hydrogen (secondary N) is 1. The summed E-state index contributed by atoms with van der Waals surface area (Å²) in [6.45, 7) is 3.31. The molecular weight excluding hydrogens is 380 g/mol. The van der Waals surface area contributed by atoms with E-state index < -0.39 is 0 Å². The van der Waals surface area contributed by atoms with Gasteiger partial charge in [0.15, 0.2) is 0 Å². The summed E-state index contributed by atoms with van der Waals surface area (Å²) in [6.07, 6.45) is 5.25. The molecule has 7 heteroatoms. The zero-order chi connectivity index (χ0) is 18.8. The van der Waals surface area contributed by atoms with Crippen LogP contribution in [0.3, 0.4) is 0 Å². The average molecular weight is 405 g/mol. The van der Waals surface area contributed by atoms with Gasteiger partial charge in [0.05, 0.1) is 18.7 Å². The van der Waals surface area contributed by atoms with Crippen molar-refractivity contribution in [3.63, 3.8) is 0 Å². The molecule has 1 amide bonds. The first-order valence-corrected chi connectivity index (χ1v) is 11.2. The van der Waals surface area contributed by atoms with Crippen LogP contribution >= 0.6 is 22.7 Å². The first kappa shape index (κ1) is 18.7. The van der Waals surface area contributed by atoms with E-state index in [9.17, 15) is 9.59 Å².